The van der Waals surface area contributed by atoms with Gasteiger partial charge in [-0.3, -0.25) is 0 Å². The molecule has 0 spiro atoms. The Morgan fingerprint density at radius 2 is 1.73 bits per heavy atom. The Bertz CT molecular complexity index is 980. The lowest BCUT2D eigenvalue weighted by Crippen LogP contribution is -2.41. The summed E-state index contributed by atoms with van der Waals surface area (Å²) < 4.78 is 27.3. The van der Waals surface area contributed by atoms with Gasteiger partial charge < -0.3 is 10.6 Å². The second kappa shape index (κ2) is 8.78. The average molecular weight is 427 g/mol. The first-order valence-electron chi connectivity index (χ1n) is 10.7. The van der Waals surface area contributed by atoms with Crippen LogP contribution in [-0.4, -0.2) is 33.5 Å². The maximum Gasteiger partial charge on any atom is 0.240 e. The number of hydrogen-bond acceptors (Lipinski definition) is 3. The van der Waals surface area contributed by atoms with Crippen LogP contribution in [-0.2, 0) is 22.0 Å². The van der Waals surface area contributed by atoms with E-state index in [-0.39, 0.29) is 11.5 Å². The summed E-state index contributed by atoms with van der Waals surface area (Å²) in [5.74, 6) is 0.784. The average Bonchev–Trinajstić information content (AvgIpc) is 3.68. The quantitative estimate of drug-likeness (QED) is 0.425. The van der Waals surface area contributed by atoms with E-state index < -0.39 is 10.0 Å². The van der Waals surface area contributed by atoms with Crippen molar-refractivity contribution in [1.82, 2.24) is 15.4 Å². The highest BCUT2D eigenvalue weighted by Gasteiger charge is 2.44. The Kier molecular flexibility index (Phi) is 6.11. The lowest BCUT2D eigenvalue weighted by Gasteiger charge is -2.19. The van der Waals surface area contributed by atoms with E-state index in [0.29, 0.717) is 11.4 Å². The predicted octanol–water partition coefficient (Wildman–Crippen LogP) is 2.91. The van der Waals surface area contributed by atoms with E-state index in [2.05, 4.69) is 50.7 Å². The van der Waals surface area contributed by atoms with Crippen LogP contribution in [0.15, 0.2) is 64.5 Å². The molecule has 2 fully saturated rings. The van der Waals surface area contributed by atoms with E-state index in [1.807, 2.05) is 19.1 Å². The van der Waals surface area contributed by atoms with Crippen LogP contribution in [0.3, 0.4) is 0 Å². The molecule has 0 saturated heterocycles. The van der Waals surface area contributed by atoms with Gasteiger partial charge in [-0.1, -0.05) is 42.5 Å². The molecule has 6 nitrogen and oxygen atoms in total. The summed E-state index contributed by atoms with van der Waals surface area (Å²) in [5.41, 5.74) is 2.56. The van der Waals surface area contributed by atoms with Gasteiger partial charge in [-0.05, 0) is 55.9 Å². The fourth-order valence-electron chi connectivity index (χ4n) is 3.54. The number of aliphatic imine (C=N–C) groups is 1. The molecule has 2 aliphatic rings. The third kappa shape index (κ3) is 5.21. The van der Waals surface area contributed by atoms with Gasteiger partial charge in [0.05, 0.1) is 11.4 Å². The third-order valence-corrected chi connectivity index (χ3v) is 7.27. The summed E-state index contributed by atoms with van der Waals surface area (Å²) >= 11 is 0. The summed E-state index contributed by atoms with van der Waals surface area (Å²) in [4.78, 5) is 5.00. The molecule has 0 bridgehead atoms. The monoisotopic (exact) mass is 426 g/mol. The smallest absolute Gasteiger partial charge is 0.240 e. The maximum atomic E-state index is 12.3. The molecular weight excluding hydrogens is 396 g/mol. The largest absolute Gasteiger partial charge is 0.357 e. The van der Waals surface area contributed by atoms with Crippen molar-refractivity contribution in [2.75, 3.05) is 13.1 Å². The van der Waals surface area contributed by atoms with Crippen LogP contribution < -0.4 is 15.4 Å². The van der Waals surface area contributed by atoms with Crippen molar-refractivity contribution in [2.24, 2.45) is 4.99 Å². The summed E-state index contributed by atoms with van der Waals surface area (Å²) in [7, 11) is -3.41. The summed E-state index contributed by atoms with van der Waals surface area (Å²) in [6.07, 6.45) is 4.23. The van der Waals surface area contributed by atoms with Gasteiger partial charge in [0.15, 0.2) is 5.96 Å². The molecule has 0 amide bonds. The van der Waals surface area contributed by atoms with E-state index in [4.69, 9.17) is 0 Å². The van der Waals surface area contributed by atoms with Crippen LogP contribution in [0.1, 0.15) is 43.7 Å². The number of rotatable bonds is 9. The molecule has 160 valence electrons. The summed E-state index contributed by atoms with van der Waals surface area (Å²) in [6.45, 7) is 4.18. The molecule has 4 rings (SSSR count). The van der Waals surface area contributed by atoms with Crippen LogP contribution in [0.4, 0.5) is 0 Å². The molecule has 7 heteroatoms. The van der Waals surface area contributed by atoms with Gasteiger partial charge in [0.1, 0.15) is 0 Å². The fourth-order valence-corrected chi connectivity index (χ4v) is 4.84. The molecule has 0 unspecified atom stereocenters. The standard InChI is InChI=1S/C23H30N4O2S/c1-2-24-22(26-17-23(14-15-23)19-6-4-3-5-7-19)25-16-18-8-12-21(13-9-18)30(28,29)27-20-10-11-20/h3-9,12-13,20,27H,2,10-11,14-17H2,1H3,(H2,24,25,26). The van der Waals surface area contributed by atoms with Crippen molar-refractivity contribution in [3.8, 4) is 0 Å². The Hall–Kier alpha value is -2.38. The first-order chi connectivity index (χ1) is 14.5. The highest BCUT2D eigenvalue weighted by Crippen LogP contribution is 2.47. The van der Waals surface area contributed by atoms with Gasteiger partial charge >= 0.3 is 0 Å². The molecule has 30 heavy (non-hydrogen) atoms. The topological polar surface area (TPSA) is 82.6 Å². The molecule has 0 aliphatic heterocycles. The molecule has 2 aliphatic carbocycles. The van der Waals surface area contributed by atoms with Crippen molar-refractivity contribution in [2.45, 2.75) is 55.5 Å². The molecule has 3 N–H and O–H groups in total. The van der Waals surface area contributed by atoms with Gasteiger partial charge in [-0.2, -0.15) is 0 Å². The van der Waals surface area contributed by atoms with Gasteiger partial charge in [-0.15, -0.1) is 0 Å². The van der Waals surface area contributed by atoms with Gasteiger partial charge in [-0.25, -0.2) is 18.1 Å². The fraction of sp³-hybridized carbons (Fsp3) is 0.435. The Balaban J connectivity index is 1.37. The van der Waals surface area contributed by atoms with E-state index in [1.165, 1.54) is 18.4 Å². The lowest BCUT2D eigenvalue weighted by molar-refractivity contribution is 0.581. The Morgan fingerprint density at radius 3 is 2.33 bits per heavy atom. The van der Waals surface area contributed by atoms with E-state index in [9.17, 15) is 8.42 Å². The van der Waals surface area contributed by atoms with Crippen molar-refractivity contribution in [1.29, 1.82) is 0 Å². The number of nitrogens with zero attached hydrogens (tertiary/aromatic N) is 1. The summed E-state index contributed by atoms with van der Waals surface area (Å²) in [5, 5.41) is 6.79. The van der Waals surface area contributed by atoms with Crippen molar-refractivity contribution < 1.29 is 8.42 Å². The molecule has 2 saturated carbocycles. The minimum atomic E-state index is -3.41. The molecule has 0 atom stereocenters. The SMILES string of the molecule is CCNC(=NCc1ccc(S(=O)(=O)NC2CC2)cc1)NCC1(c2ccccc2)CC1. The van der Waals surface area contributed by atoms with E-state index >= 15 is 0 Å². The minimum absolute atomic E-state index is 0.110. The number of nitrogens with one attached hydrogen (secondary N) is 3. The molecular formula is C23H30N4O2S. The van der Waals surface area contributed by atoms with Crippen molar-refractivity contribution in [3.05, 3.63) is 65.7 Å². The zero-order chi connectivity index (χ0) is 21.0. The van der Waals surface area contributed by atoms with E-state index in [1.54, 1.807) is 12.1 Å². The Morgan fingerprint density at radius 1 is 1.03 bits per heavy atom. The Labute approximate surface area is 179 Å². The number of sulfonamides is 1. The highest BCUT2D eigenvalue weighted by atomic mass is 32.2. The number of guanidine groups is 1. The van der Waals surface area contributed by atoms with Crippen molar-refractivity contribution >= 4 is 16.0 Å². The molecule has 0 radical (unpaired) electrons. The molecule has 0 heterocycles. The lowest BCUT2D eigenvalue weighted by atomic mass is 9.96. The van der Waals surface area contributed by atoms with Gasteiger partial charge in [0, 0.05) is 24.5 Å². The van der Waals surface area contributed by atoms with E-state index in [0.717, 1.165) is 37.5 Å². The van der Waals surface area contributed by atoms with Gasteiger partial charge in [0.25, 0.3) is 0 Å². The molecule has 0 aromatic heterocycles. The van der Waals surface area contributed by atoms with Crippen molar-refractivity contribution in [3.63, 3.8) is 0 Å². The molecule has 2 aromatic rings. The highest BCUT2D eigenvalue weighted by molar-refractivity contribution is 7.89. The first kappa shape index (κ1) is 20.9. The van der Waals surface area contributed by atoms with Gasteiger partial charge in [0.2, 0.25) is 10.0 Å². The maximum absolute atomic E-state index is 12.3. The third-order valence-electron chi connectivity index (χ3n) is 5.73. The minimum Gasteiger partial charge on any atom is -0.357 e. The predicted molar refractivity (Wildman–Crippen MR) is 120 cm³/mol. The van der Waals surface area contributed by atoms with Crippen LogP contribution in [0.2, 0.25) is 0 Å². The van der Waals surface area contributed by atoms with Crippen LogP contribution in [0.5, 0.6) is 0 Å². The first-order valence-corrected chi connectivity index (χ1v) is 12.2. The van der Waals surface area contributed by atoms with Crippen LogP contribution in [0.25, 0.3) is 0 Å². The zero-order valence-corrected chi connectivity index (χ0v) is 18.2. The second-order valence-electron chi connectivity index (χ2n) is 8.23. The summed E-state index contributed by atoms with van der Waals surface area (Å²) in [6, 6.07) is 17.7. The normalized spacial score (nSPS) is 18.1. The van der Waals surface area contributed by atoms with Crippen LogP contribution >= 0.6 is 0 Å². The number of hydrogen-bond donors (Lipinski definition) is 3. The van der Waals surface area contributed by atoms with Crippen LogP contribution in [0, 0.1) is 0 Å². The zero-order valence-electron chi connectivity index (χ0n) is 17.4. The number of benzene rings is 2. The second-order valence-corrected chi connectivity index (χ2v) is 9.95. The molecule has 2 aromatic carbocycles.